The molecule has 236 valence electrons. The van der Waals surface area contributed by atoms with Crippen LogP contribution in [0.3, 0.4) is 0 Å². The monoisotopic (exact) mass is 643 g/mol. The van der Waals surface area contributed by atoms with Crippen LogP contribution in [0.5, 0.6) is 0 Å². The van der Waals surface area contributed by atoms with Gasteiger partial charge in [0.05, 0.1) is 22.9 Å². The number of carboxylic acids is 1. The van der Waals surface area contributed by atoms with Crippen LogP contribution in [0.15, 0.2) is 59.3 Å². The number of rotatable bonds is 9. The minimum atomic E-state index is -5.66. The first-order valence-corrected chi connectivity index (χ1v) is 15.7. The number of benzene rings is 2. The summed E-state index contributed by atoms with van der Waals surface area (Å²) in [5.74, 6) is -0.189. The van der Waals surface area contributed by atoms with Crippen LogP contribution in [0.1, 0.15) is 59.7 Å². The Morgan fingerprint density at radius 1 is 1.07 bits per heavy atom. The number of carboxylic acid groups (broad SMARTS) is 1. The predicted octanol–water partition coefficient (Wildman–Crippen LogP) is 6.04. The number of amides is 1. The fourth-order valence-electron chi connectivity index (χ4n) is 5.76. The topological polar surface area (TPSA) is 170 Å². The van der Waals surface area contributed by atoms with Crippen LogP contribution >= 0.6 is 0 Å². The van der Waals surface area contributed by atoms with Crippen molar-refractivity contribution in [3.63, 3.8) is 0 Å². The van der Waals surface area contributed by atoms with Gasteiger partial charge in [-0.2, -0.15) is 21.6 Å². The number of anilines is 1. The molecule has 0 spiro atoms. The van der Waals surface area contributed by atoms with Gasteiger partial charge in [-0.05, 0) is 60.9 Å². The molecule has 0 bridgehead atoms. The summed E-state index contributed by atoms with van der Waals surface area (Å²) >= 11 is 0. The average Bonchev–Trinajstić information content (AvgIpc) is 3.74. The van der Waals surface area contributed by atoms with E-state index in [1.807, 2.05) is 6.07 Å². The van der Waals surface area contributed by atoms with E-state index in [9.17, 15) is 36.3 Å². The number of furan rings is 1. The molecule has 5 aromatic rings. The summed E-state index contributed by atoms with van der Waals surface area (Å²) in [6.07, 6.45) is 8.45. The normalized spacial score (nSPS) is 15.4. The van der Waals surface area contributed by atoms with Crippen molar-refractivity contribution >= 4 is 49.5 Å². The van der Waals surface area contributed by atoms with Crippen LogP contribution in [-0.4, -0.2) is 51.9 Å². The van der Waals surface area contributed by atoms with E-state index in [0.29, 0.717) is 33.9 Å². The van der Waals surface area contributed by atoms with Gasteiger partial charge in [0.1, 0.15) is 17.6 Å². The number of carbonyl (C=O) groups excluding carboxylic acids is 1. The summed E-state index contributed by atoms with van der Waals surface area (Å²) < 4.78 is 68.9. The molecular weight excluding hydrogens is 615 g/mol. The summed E-state index contributed by atoms with van der Waals surface area (Å²) in [6, 6.07) is 8.88. The number of carbonyl (C=O) groups is 2. The van der Waals surface area contributed by atoms with E-state index in [1.165, 1.54) is 29.5 Å². The third-order valence-corrected chi connectivity index (χ3v) is 9.14. The van der Waals surface area contributed by atoms with Crippen molar-refractivity contribution < 1.29 is 40.7 Å². The lowest BCUT2D eigenvalue weighted by molar-refractivity contribution is -0.139. The summed E-state index contributed by atoms with van der Waals surface area (Å²) in [6.45, 7) is 0. The molecule has 1 atom stereocenters. The number of nitrogens with one attached hydrogen (secondary N) is 4. The van der Waals surface area contributed by atoms with Gasteiger partial charge in [-0.25, -0.2) is 9.78 Å². The maximum Gasteiger partial charge on any atom is 0.516 e. The highest BCUT2D eigenvalue weighted by atomic mass is 32.2. The summed E-state index contributed by atoms with van der Waals surface area (Å²) in [5.41, 5.74) is -2.86. The van der Waals surface area contributed by atoms with Crippen molar-refractivity contribution in [2.45, 2.75) is 56.0 Å². The maximum atomic E-state index is 13.2. The Morgan fingerprint density at radius 2 is 1.84 bits per heavy atom. The highest BCUT2D eigenvalue weighted by Crippen LogP contribution is 2.38. The third kappa shape index (κ3) is 6.12. The summed E-state index contributed by atoms with van der Waals surface area (Å²) in [4.78, 5) is 36.1. The van der Waals surface area contributed by atoms with Crippen LogP contribution in [-0.2, 0) is 21.2 Å². The molecule has 3 aromatic heterocycles. The Balaban J connectivity index is 1.20. The molecule has 15 heteroatoms. The molecular formula is C30H28F3N5O6S. The zero-order chi connectivity index (χ0) is 31.9. The van der Waals surface area contributed by atoms with Crippen LogP contribution in [0.4, 0.5) is 18.9 Å². The van der Waals surface area contributed by atoms with Crippen molar-refractivity contribution in [1.82, 2.24) is 20.3 Å². The standard InChI is InChI=1S/C30H28F3N5O6S/c31-30(32,33)45(42,43)38-19-7-9-22-21(14-19)18(15-34-22)13-25(29(40)41)37-28(39)17-6-8-23-24(12-17)36-27(35-23)20-10-11-44-26(20)16-4-2-1-3-5-16/h6-12,14-16,25,34,38H,1-5,13H2,(H,35,36)(H,37,39)(H,40,41)/t25-/m0/s1. The lowest BCUT2D eigenvalue weighted by Gasteiger charge is -2.20. The van der Waals surface area contributed by atoms with Crippen molar-refractivity contribution in [3.05, 3.63) is 71.8 Å². The minimum absolute atomic E-state index is 0.186. The number of imidazole rings is 1. The number of sulfonamides is 1. The van der Waals surface area contributed by atoms with Crippen LogP contribution < -0.4 is 10.0 Å². The molecule has 3 heterocycles. The fraction of sp³-hybridized carbons (Fsp3) is 0.300. The number of fused-ring (bicyclic) bond motifs is 2. The molecule has 5 N–H and O–H groups in total. The van der Waals surface area contributed by atoms with E-state index in [-0.39, 0.29) is 23.1 Å². The van der Waals surface area contributed by atoms with Crippen molar-refractivity contribution in [3.8, 4) is 11.4 Å². The molecule has 0 unspecified atom stereocenters. The molecule has 0 saturated heterocycles. The largest absolute Gasteiger partial charge is 0.516 e. The maximum absolute atomic E-state index is 13.2. The number of nitrogens with zero attached hydrogens (tertiary/aromatic N) is 1. The second-order valence-corrected chi connectivity index (χ2v) is 12.7. The molecule has 6 rings (SSSR count). The Bertz CT molecular complexity index is 2010. The third-order valence-electron chi connectivity index (χ3n) is 8.02. The SMILES string of the molecule is O=C(N[C@@H](Cc1c[nH]c2ccc(NS(=O)(=O)C(F)(F)F)cc12)C(=O)O)c1ccc2nc(-c3ccoc3C3CCCCC3)[nH]c2c1. The zero-order valence-electron chi connectivity index (χ0n) is 23.6. The van der Waals surface area contributed by atoms with Gasteiger partial charge in [0, 0.05) is 40.7 Å². The smallest absolute Gasteiger partial charge is 0.480 e. The number of aromatic nitrogens is 3. The van der Waals surface area contributed by atoms with Gasteiger partial charge < -0.3 is 24.8 Å². The second-order valence-electron chi connectivity index (χ2n) is 11.0. The summed E-state index contributed by atoms with van der Waals surface area (Å²) in [7, 11) is -5.66. The van der Waals surface area contributed by atoms with Gasteiger partial charge in [0.2, 0.25) is 0 Å². The highest BCUT2D eigenvalue weighted by Gasteiger charge is 2.46. The quantitative estimate of drug-likeness (QED) is 0.130. The number of alkyl halides is 3. The Labute approximate surface area is 254 Å². The first kappa shape index (κ1) is 30.2. The van der Waals surface area contributed by atoms with E-state index in [0.717, 1.165) is 49.1 Å². The van der Waals surface area contributed by atoms with Gasteiger partial charge in [0.15, 0.2) is 0 Å². The van der Waals surface area contributed by atoms with Gasteiger partial charge in [-0.3, -0.25) is 9.52 Å². The molecule has 0 radical (unpaired) electrons. The molecule has 0 aliphatic heterocycles. The molecule has 1 saturated carbocycles. The van der Waals surface area contributed by atoms with E-state index >= 15 is 0 Å². The highest BCUT2D eigenvalue weighted by molar-refractivity contribution is 7.93. The summed E-state index contributed by atoms with van der Waals surface area (Å²) in [5, 5.41) is 12.7. The second kappa shape index (κ2) is 11.6. The zero-order valence-corrected chi connectivity index (χ0v) is 24.4. The number of halogens is 3. The number of hydrogen-bond acceptors (Lipinski definition) is 6. The Kier molecular flexibility index (Phi) is 7.81. The molecule has 11 nitrogen and oxygen atoms in total. The lowest BCUT2D eigenvalue weighted by Crippen LogP contribution is -2.42. The number of aliphatic carboxylic acids is 1. The molecule has 45 heavy (non-hydrogen) atoms. The minimum Gasteiger partial charge on any atom is -0.480 e. The Morgan fingerprint density at radius 3 is 2.58 bits per heavy atom. The van der Waals surface area contributed by atoms with E-state index < -0.39 is 33.4 Å². The first-order chi connectivity index (χ1) is 21.4. The number of H-pyrrole nitrogens is 2. The molecule has 1 aliphatic rings. The first-order valence-electron chi connectivity index (χ1n) is 14.2. The molecule has 2 aromatic carbocycles. The van der Waals surface area contributed by atoms with E-state index in [4.69, 9.17) is 4.42 Å². The van der Waals surface area contributed by atoms with Gasteiger partial charge in [-0.15, -0.1) is 0 Å². The van der Waals surface area contributed by atoms with Crippen LogP contribution in [0.25, 0.3) is 33.3 Å². The number of aromatic amines is 2. The van der Waals surface area contributed by atoms with Crippen LogP contribution in [0.2, 0.25) is 0 Å². The number of hydrogen-bond donors (Lipinski definition) is 5. The lowest BCUT2D eigenvalue weighted by atomic mass is 9.86. The van der Waals surface area contributed by atoms with Crippen molar-refractivity contribution in [2.24, 2.45) is 0 Å². The van der Waals surface area contributed by atoms with Crippen LogP contribution in [0, 0.1) is 0 Å². The van der Waals surface area contributed by atoms with Crippen molar-refractivity contribution in [2.75, 3.05) is 4.72 Å². The molecule has 1 amide bonds. The van der Waals surface area contributed by atoms with Gasteiger partial charge in [0.25, 0.3) is 5.91 Å². The van der Waals surface area contributed by atoms with Gasteiger partial charge in [-0.1, -0.05) is 19.3 Å². The Hall–Kier alpha value is -4.79. The van der Waals surface area contributed by atoms with Crippen molar-refractivity contribution in [1.29, 1.82) is 0 Å². The average molecular weight is 644 g/mol. The van der Waals surface area contributed by atoms with Gasteiger partial charge >= 0.3 is 21.5 Å². The predicted molar refractivity (Wildman–Crippen MR) is 159 cm³/mol. The molecule has 1 aliphatic carbocycles. The molecule has 1 fully saturated rings. The fourth-order valence-corrected chi connectivity index (χ4v) is 6.31. The van der Waals surface area contributed by atoms with E-state index in [1.54, 1.807) is 18.4 Å². The van der Waals surface area contributed by atoms with E-state index in [2.05, 4.69) is 20.3 Å².